The number of aromatic hydroxyl groups is 1. The molecule has 1 N–H and O–H groups in total. The molecule has 5 heteroatoms. The van der Waals surface area contributed by atoms with E-state index in [0.29, 0.717) is 26.3 Å². The highest BCUT2D eigenvalue weighted by Gasteiger charge is 2.04. The van der Waals surface area contributed by atoms with Gasteiger partial charge in [0.15, 0.2) is 0 Å². The molecule has 0 atom stereocenters. The second-order valence-corrected chi connectivity index (χ2v) is 4.78. The molecular formula is C13H8Cl3NO. The molecule has 0 aliphatic rings. The first kappa shape index (κ1) is 13.2. The number of hydrogen-bond acceptors (Lipinski definition) is 2. The van der Waals surface area contributed by atoms with Crippen molar-refractivity contribution in [2.75, 3.05) is 0 Å². The monoisotopic (exact) mass is 299 g/mol. The molecule has 0 saturated carbocycles. The number of halogens is 3. The van der Waals surface area contributed by atoms with Crippen molar-refractivity contribution in [1.29, 1.82) is 0 Å². The smallest absolute Gasteiger partial charge is 0.141 e. The first-order valence-electron chi connectivity index (χ1n) is 5.04. The molecule has 92 valence electrons. The van der Waals surface area contributed by atoms with Crippen LogP contribution in [0.1, 0.15) is 5.56 Å². The van der Waals surface area contributed by atoms with Gasteiger partial charge in [0.2, 0.25) is 0 Å². The maximum atomic E-state index is 9.61. The van der Waals surface area contributed by atoms with Crippen LogP contribution in [0.2, 0.25) is 15.1 Å². The third kappa shape index (κ3) is 2.96. The third-order valence-electron chi connectivity index (χ3n) is 2.27. The first-order chi connectivity index (χ1) is 8.58. The molecule has 0 radical (unpaired) electrons. The molecule has 0 heterocycles. The second-order valence-electron chi connectivity index (χ2n) is 3.53. The Morgan fingerprint density at radius 3 is 2.33 bits per heavy atom. The van der Waals surface area contributed by atoms with Crippen LogP contribution in [0.15, 0.2) is 41.4 Å². The van der Waals surface area contributed by atoms with Crippen molar-refractivity contribution in [3.05, 3.63) is 57.0 Å². The lowest BCUT2D eigenvalue weighted by molar-refractivity contribution is 0.477. The summed E-state index contributed by atoms with van der Waals surface area (Å²) in [5.74, 6) is 0.0406. The van der Waals surface area contributed by atoms with Crippen LogP contribution in [0.3, 0.4) is 0 Å². The number of phenolic OH excluding ortho intramolecular Hbond substituents is 1. The van der Waals surface area contributed by atoms with Gasteiger partial charge in [0.1, 0.15) is 11.4 Å². The van der Waals surface area contributed by atoms with Crippen LogP contribution in [0.25, 0.3) is 0 Å². The zero-order valence-corrected chi connectivity index (χ0v) is 11.3. The highest BCUT2D eigenvalue weighted by molar-refractivity contribution is 6.38. The molecule has 0 spiro atoms. The van der Waals surface area contributed by atoms with Crippen LogP contribution < -0.4 is 0 Å². The molecular weight excluding hydrogens is 293 g/mol. The molecule has 2 aromatic carbocycles. The number of phenols is 1. The number of rotatable bonds is 2. The van der Waals surface area contributed by atoms with Gasteiger partial charge in [-0.1, -0.05) is 40.9 Å². The summed E-state index contributed by atoms with van der Waals surface area (Å²) in [6.45, 7) is 0. The van der Waals surface area contributed by atoms with E-state index in [0.717, 1.165) is 0 Å². The van der Waals surface area contributed by atoms with Gasteiger partial charge in [0, 0.05) is 16.8 Å². The summed E-state index contributed by atoms with van der Waals surface area (Å²) in [6, 6.07) is 9.79. The van der Waals surface area contributed by atoms with Crippen molar-refractivity contribution in [3.63, 3.8) is 0 Å². The highest BCUT2D eigenvalue weighted by Crippen LogP contribution is 2.30. The van der Waals surface area contributed by atoms with Crippen LogP contribution >= 0.6 is 34.8 Å². The van der Waals surface area contributed by atoms with Gasteiger partial charge in [-0.3, -0.25) is 4.99 Å². The predicted molar refractivity (Wildman–Crippen MR) is 76.8 cm³/mol. The van der Waals surface area contributed by atoms with Crippen LogP contribution in [-0.2, 0) is 0 Å². The minimum Gasteiger partial charge on any atom is -0.506 e. The summed E-state index contributed by atoms with van der Waals surface area (Å²) in [7, 11) is 0. The van der Waals surface area contributed by atoms with Crippen LogP contribution in [0, 0.1) is 0 Å². The molecule has 0 amide bonds. The molecule has 0 aliphatic carbocycles. The normalized spacial score (nSPS) is 11.1. The maximum absolute atomic E-state index is 9.61. The van der Waals surface area contributed by atoms with Gasteiger partial charge in [-0.2, -0.15) is 0 Å². The minimum atomic E-state index is 0.0406. The van der Waals surface area contributed by atoms with Crippen LogP contribution in [0.4, 0.5) is 5.69 Å². The quantitative estimate of drug-likeness (QED) is 0.769. The summed E-state index contributed by atoms with van der Waals surface area (Å²) in [5.41, 5.74) is 0.957. The fourth-order valence-corrected chi connectivity index (χ4v) is 2.03. The van der Waals surface area contributed by atoms with Gasteiger partial charge in [-0.15, -0.1) is 0 Å². The Bertz CT molecular complexity index is 591. The zero-order chi connectivity index (χ0) is 13.1. The summed E-state index contributed by atoms with van der Waals surface area (Å²) in [6.07, 6.45) is 1.50. The molecule has 0 bridgehead atoms. The standard InChI is InChI=1S/C13H8Cl3NO/c14-8-4-5-13(18)12(6-8)17-7-9-10(15)2-1-3-11(9)16/h1-7,18H. The fourth-order valence-electron chi connectivity index (χ4n) is 1.37. The number of nitrogens with zero attached hydrogens (tertiary/aromatic N) is 1. The zero-order valence-electron chi connectivity index (χ0n) is 9.07. The maximum Gasteiger partial charge on any atom is 0.141 e. The van der Waals surface area contributed by atoms with E-state index >= 15 is 0 Å². The largest absolute Gasteiger partial charge is 0.506 e. The van der Waals surface area contributed by atoms with Crippen molar-refractivity contribution >= 4 is 46.7 Å². The molecule has 2 nitrogen and oxygen atoms in total. The lowest BCUT2D eigenvalue weighted by Gasteiger charge is -2.02. The van der Waals surface area contributed by atoms with Gasteiger partial charge < -0.3 is 5.11 Å². The number of aliphatic imine (C=N–C) groups is 1. The lowest BCUT2D eigenvalue weighted by Crippen LogP contribution is -1.84. The van der Waals surface area contributed by atoms with Gasteiger partial charge in [0.05, 0.1) is 10.0 Å². The third-order valence-corrected chi connectivity index (χ3v) is 3.16. The van der Waals surface area contributed by atoms with E-state index < -0.39 is 0 Å². The van der Waals surface area contributed by atoms with Crippen molar-refractivity contribution in [2.45, 2.75) is 0 Å². The summed E-state index contributed by atoms with van der Waals surface area (Å²) < 4.78 is 0. The summed E-state index contributed by atoms with van der Waals surface area (Å²) in [5, 5.41) is 11.1. The second kappa shape index (κ2) is 5.61. The van der Waals surface area contributed by atoms with Crippen molar-refractivity contribution < 1.29 is 5.11 Å². The Hall–Kier alpha value is -1.22. The molecule has 18 heavy (non-hydrogen) atoms. The Morgan fingerprint density at radius 1 is 1.00 bits per heavy atom. The number of hydrogen-bond donors (Lipinski definition) is 1. The van der Waals surface area contributed by atoms with Crippen LogP contribution in [0.5, 0.6) is 5.75 Å². The van der Waals surface area contributed by atoms with Crippen LogP contribution in [-0.4, -0.2) is 11.3 Å². The molecule has 0 unspecified atom stereocenters. The fraction of sp³-hybridized carbons (Fsp3) is 0. The Kier molecular flexibility index (Phi) is 4.12. The minimum absolute atomic E-state index is 0.0406. The Balaban J connectivity index is 2.39. The first-order valence-corrected chi connectivity index (χ1v) is 6.18. The average Bonchev–Trinajstić information content (AvgIpc) is 2.33. The SMILES string of the molecule is Oc1ccc(Cl)cc1N=Cc1c(Cl)cccc1Cl. The highest BCUT2D eigenvalue weighted by atomic mass is 35.5. The van der Waals surface area contributed by atoms with Gasteiger partial charge in [0.25, 0.3) is 0 Å². The molecule has 0 fully saturated rings. The predicted octanol–water partition coefficient (Wildman–Crippen LogP) is 5.10. The molecule has 0 aromatic heterocycles. The summed E-state index contributed by atoms with van der Waals surface area (Å²) >= 11 is 17.8. The van der Waals surface area contributed by atoms with E-state index in [1.807, 2.05) is 0 Å². The van der Waals surface area contributed by atoms with Crippen molar-refractivity contribution in [1.82, 2.24) is 0 Å². The number of benzene rings is 2. The molecule has 2 aromatic rings. The topological polar surface area (TPSA) is 32.6 Å². The molecule has 0 saturated heterocycles. The Labute approximate surface area is 119 Å². The molecule has 2 rings (SSSR count). The van der Waals surface area contributed by atoms with E-state index in [4.69, 9.17) is 34.8 Å². The van der Waals surface area contributed by atoms with Crippen molar-refractivity contribution in [3.8, 4) is 5.75 Å². The lowest BCUT2D eigenvalue weighted by atomic mass is 10.2. The Morgan fingerprint density at radius 2 is 1.67 bits per heavy atom. The summed E-state index contributed by atoms with van der Waals surface area (Å²) in [4.78, 5) is 4.13. The van der Waals surface area contributed by atoms with E-state index in [-0.39, 0.29) is 5.75 Å². The average molecular weight is 301 g/mol. The van der Waals surface area contributed by atoms with Gasteiger partial charge in [-0.25, -0.2) is 0 Å². The van der Waals surface area contributed by atoms with Gasteiger partial charge >= 0.3 is 0 Å². The van der Waals surface area contributed by atoms with E-state index in [2.05, 4.69) is 4.99 Å². The van der Waals surface area contributed by atoms with Crippen molar-refractivity contribution in [2.24, 2.45) is 4.99 Å². The molecule has 0 aliphatic heterocycles. The van der Waals surface area contributed by atoms with E-state index in [1.165, 1.54) is 12.3 Å². The van der Waals surface area contributed by atoms with E-state index in [9.17, 15) is 5.11 Å². The van der Waals surface area contributed by atoms with E-state index in [1.54, 1.807) is 30.3 Å². The van der Waals surface area contributed by atoms with Gasteiger partial charge in [-0.05, 0) is 30.3 Å².